The SMILES string of the molecule is CC1(C)CN(CC2CNCCO2)CC(C)(C)O1. The Kier molecular flexibility index (Phi) is 3.78. The molecule has 1 unspecified atom stereocenters. The predicted molar refractivity (Wildman–Crippen MR) is 68.3 cm³/mol. The van der Waals surface area contributed by atoms with E-state index in [-0.39, 0.29) is 11.2 Å². The van der Waals surface area contributed by atoms with Gasteiger partial charge in [0.2, 0.25) is 0 Å². The van der Waals surface area contributed by atoms with Crippen molar-refractivity contribution in [2.24, 2.45) is 0 Å². The fourth-order valence-electron chi connectivity index (χ4n) is 3.10. The number of hydrogen-bond donors (Lipinski definition) is 1. The number of hydrogen-bond acceptors (Lipinski definition) is 4. The summed E-state index contributed by atoms with van der Waals surface area (Å²) in [7, 11) is 0. The first-order valence-electron chi connectivity index (χ1n) is 6.61. The van der Waals surface area contributed by atoms with E-state index in [0.29, 0.717) is 6.10 Å². The van der Waals surface area contributed by atoms with E-state index in [1.54, 1.807) is 0 Å². The zero-order chi connectivity index (χ0) is 12.5. The molecule has 2 aliphatic rings. The summed E-state index contributed by atoms with van der Waals surface area (Å²) in [6.07, 6.45) is 0.327. The first-order valence-corrected chi connectivity index (χ1v) is 6.61. The van der Waals surface area contributed by atoms with E-state index in [9.17, 15) is 0 Å². The lowest BCUT2D eigenvalue weighted by atomic mass is 9.98. The lowest BCUT2D eigenvalue weighted by Crippen LogP contribution is -2.59. The average Bonchev–Trinajstić information content (AvgIpc) is 2.13. The minimum Gasteiger partial charge on any atom is -0.374 e. The van der Waals surface area contributed by atoms with Crippen molar-refractivity contribution in [3.05, 3.63) is 0 Å². The summed E-state index contributed by atoms with van der Waals surface area (Å²) >= 11 is 0. The van der Waals surface area contributed by atoms with Crippen LogP contribution >= 0.6 is 0 Å². The standard InChI is InChI=1S/C13H26N2O2/c1-12(2)9-15(10-13(3,4)17-12)8-11-7-14-5-6-16-11/h11,14H,5-10H2,1-4H3. The molecule has 0 amide bonds. The number of rotatable bonds is 2. The van der Waals surface area contributed by atoms with Gasteiger partial charge in [0.15, 0.2) is 0 Å². The second-order valence-corrected chi connectivity index (χ2v) is 6.49. The zero-order valence-electron chi connectivity index (χ0n) is 11.6. The topological polar surface area (TPSA) is 33.7 Å². The molecule has 2 rings (SSSR count). The third-order valence-corrected chi connectivity index (χ3v) is 3.23. The minimum absolute atomic E-state index is 0.0656. The first-order chi connectivity index (χ1) is 7.86. The van der Waals surface area contributed by atoms with Gasteiger partial charge in [0, 0.05) is 32.7 Å². The number of morpholine rings is 2. The van der Waals surface area contributed by atoms with Gasteiger partial charge in [-0.2, -0.15) is 0 Å². The molecule has 4 nitrogen and oxygen atoms in total. The van der Waals surface area contributed by atoms with Gasteiger partial charge in [0.25, 0.3) is 0 Å². The van der Waals surface area contributed by atoms with Crippen LogP contribution in [-0.4, -0.2) is 61.5 Å². The molecule has 2 fully saturated rings. The lowest BCUT2D eigenvalue weighted by Gasteiger charge is -2.48. The molecule has 1 N–H and O–H groups in total. The summed E-state index contributed by atoms with van der Waals surface area (Å²) in [4.78, 5) is 2.47. The molecule has 0 saturated carbocycles. The molecular weight excluding hydrogens is 216 g/mol. The highest BCUT2D eigenvalue weighted by atomic mass is 16.5. The van der Waals surface area contributed by atoms with Crippen molar-refractivity contribution in [2.75, 3.05) is 39.3 Å². The third-order valence-electron chi connectivity index (χ3n) is 3.23. The van der Waals surface area contributed by atoms with Gasteiger partial charge in [-0.3, -0.25) is 4.90 Å². The molecule has 0 radical (unpaired) electrons. The monoisotopic (exact) mass is 242 g/mol. The molecule has 0 bridgehead atoms. The molecule has 2 heterocycles. The summed E-state index contributed by atoms with van der Waals surface area (Å²) < 4.78 is 11.9. The Labute approximate surface area is 105 Å². The van der Waals surface area contributed by atoms with Crippen LogP contribution in [0.2, 0.25) is 0 Å². The van der Waals surface area contributed by atoms with E-state index >= 15 is 0 Å². The highest BCUT2D eigenvalue weighted by Crippen LogP contribution is 2.28. The highest BCUT2D eigenvalue weighted by molar-refractivity contribution is 4.90. The summed E-state index contributed by atoms with van der Waals surface area (Å²) in [6.45, 7) is 14.4. The van der Waals surface area contributed by atoms with Gasteiger partial charge < -0.3 is 14.8 Å². The second-order valence-electron chi connectivity index (χ2n) is 6.49. The van der Waals surface area contributed by atoms with Crippen molar-refractivity contribution >= 4 is 0 Å². The minimum atomic E-state index is -0.0656. The Bertz CT molecular complexity index is 244. The third kappa shape index (κ3) is 3.91. The smallest absolute Gasteiger partial charge is 0.0826 e. The Morgan fingerprint density at radius 1 is 1.18 bits per heavy atom. The fourth-order valence-corrected chi connectivity index (χ4v) is 3.10. The van der Waals surface area contributed by atoms with Crippen LogP contribution in [0.25, 0.3) is 0 Å². The highest BCUT2D eigenvalue weighted by Gasteiger charge is 2.38. The molecule has 0 aliphatic carbocycles. The van der Waals surface area contributed by atoms with Crippen LogP contribution in [0.1, 0.15) is 27.7 Å². The van der Waals surface area contributed by atoms with E-state index in [0.717, 1.165) is 39.3 Å². The van der Waals surface area contributed by atoms with Crippen molar-refractivity contribution in [2.45, 2.75) is 45.0 Å². The van der Waals surface area contributed by atoms with Gasteiger partial charge in [-0.05, 0) is 27.7 Å². The van der Waals surface area contributed by atoms with Gasteiger partial charge >= 0.3 is 0 Å². The number of nitrogens with zero attached hydrogens (tertiary/aromatic N) is 1. The molecule has 1 atom stereocenters. The van der Waals surface area contributed by atoms with Crippen LogP contribution < -0.4 is 5.32 Å². The molecule has 0 spiro atoms. The Balaban J connectivity index is 1.91. The van der Waals surface area contributed by atoms with E-state index in [4.69, 9.17) is 9.47 Å². The van der Waals surface area contributed by atoms with Gasteiger partial charge in [-0.15, -0.1) is 0 Å². The van der Waals surface area contributed by atoms with Crippen molar-refractivity contribution in [3.8, 4) is 0 Å². The molecule has 4 heteroatoms. The number of ether oxygens (including phenoxy) is 2. The maximum Gasteiger partial charge on any atom is 0.0826 e. The van der Waals surface area contributed by atoms with Crippen molar-refractivity contribution in [3.63, 3.8) is 0 Å². The summed E-state index contributed by atoms with van der Waals surface area (Å²) in [6, 6.07) is 0. The normalized spacial score (nSPS) is 33.5. The Hall–Kier alpha value is -0.160. The predicted octanol–water partition coefficient (Wildman–Crippen LogP) is 0.864. The quantitative estimate of drug-likeness (QED) is 0.779. The Morgan fingerprint density at radius 2 is 1.82 bits per heavy atom. The molecule has 2 saturated heterocycles. The second kappa shape index (κ2) is 4.84. The van der Waals surface area contributed by atoms with Crippen LogP contribution in [0.15, 0.2) is 0 Å². The Morgan fingerprint density at radius 3 is 2.35 bits per heavy atom. The molecule has 0 aromatic rings. The van der Waals surface area contributed by atoms with Crippen LogP contribution in [0.4, 0.5) is 0 Å². The van der Waals surface area contributed by atoms with E-state index in [1.807, 2.05) is 0 Å². The molecule has 0 aromatic carbocycles. The molecule has 2 aliphatic heterocycles. The van der Waals surface area contributed by atoms with Crippen LogP contribution in [0.5, 0.6) is 0 Å². The van der Waals surface area contributed by atoms with Crippen molar-refractivity contribution < 1.29 is 9.47 Å². The van der Waals surface area contributed by atoms with Gasteiger partial charge in [-0.25, -0.2) is 0 Å². The fraction of sp³-hybridized carbons (Fsp3) is 1.00. The lowest BCUT2D eigenvalue weighted by molar-refractivity contribution is -0.185. The van der Waals surface area contributed by atoms with Crippen molar-refractivity contribution in [1.82, 2.24) is 10.2 Å². The largest absolute Gasteiger partial charge is 0.374 e. The van der Waals surface area contributed by atoms with Gasteiger partial charge in [0.05, 0.1) is 23.9 Å². The maximum atomic E-state index is 6.08. The summed E-state index contributed by atoms with van der Waals surface area (Å²) in [5, 5.41) is 3.38. The van der Waals surface area contributed by atoms with Crippen molar-refractivity contribution in [1.29, 1.82) is 0 Å². The average molecular weight is 242 g/mol. The summed E-state index contributed by atoms with van der Waals surface area (Å²) in [5.74, 6) is 0. The molecule has 17 heavy (non-hydrogen) atoms. The molecule has 0 aromatic heterocycles. The summed E-state index contributed by atoms with van der Waals surface area (Å²) in [5.41, 5.74) is -0.131. The molecular formula is C13H26N2O2. The van der Waals surface area contributed by atoms with Gasteiger partial charge in [0.1, 0.15) is 0 Å². The van der Waals surface area contributed by atoms with Gasteiger partial charge in [-0.1, -0.05) is 0 Å². The molecule has 100 valence electrons. The van der Waals surface area contributed by atoms with Crippen LogP contribution in [0.3, 0.4) is 0 Å². The zero-order valence-corrected chi connectivity index (χ0v) is 11.6. The first kappa shape index (κ1) is 13.3. The van der Waals surface area contributed by atoms with E-state index in [1.165, 1.54) is 0 Å². The number of nitrogens with one attached hydrogen (secondary N) is 1. The maximum absolute atomic E-state index is 6.08. The van der Waals surface area contributed by atoms with Crippen LogP contribution in [-0.2, 0) is 9.47 Å². The van der Waals surface area contributed by atoms with E-state index in [2.05, 4.69) is 37.9 Å². The van der Waals surface area contributed by atoms with E-state index < -0.39 is 0 Å². The van der Waals surface area contributed by atoms with Crippen LogP contribution in [0, 0.1) is 0 Å².